The standard InChI is InChI=1S/C26H35N3O5/c1-5-17-32-21-8-10-22(11-9-21)33-24-20(7-6-14-27-24)18-28-23(30)19-12-15-29(16-13-19)25(31)34-26(2,3)4/h6-11,14,19H,5,12-13,15-18H2,1-4H3,(H,28,30). The second kappa shape index (κ2) is 11.7. The molecule has 1 aromatic carbocycles. The first-order valence-electron chi connectivity index (χ1n) is 11.9. The molecule has 1 aliphatic heterocycles. The molecule has 1 fully saturated rings. The van der Waals surface area contributed by atoms with E-state index < -0.39 is 5.60 Å². The van der Waals surface area contributed by atoms with Gasteiger partial charge in [0.1, 0.15) is 17.1 Å². The monoisotopic (exact) mass is 469 g/mol. The van der Waals surface area contributed by atoms with Crippen LogP contribution in [0.25, 0.3) is 0 Å². The molecule has 0 bridgehead atoms. The normalized spacial score (nSPS) is 14.4. The number of rotatable bonds is 8. The molecule has 0 radical (unpaired) electrons. The predicted octanol–water partition coefficient (Wildman–Crippen LogP) is 4.93. The Hall–Kier alpha value is -3.29. The summed E-state index contributed by atoms with van der Waals surface area (Å²) in [6.07, 6.45) is 3.49. The maximum Gasteiger partial charge on any atom is 0.410 e. The lowest BCUT2D eigenvalue weighted by molar-refractivity contribution is -0.126. The summed E-state index contributed by atoms with van der Waals surface area (Å²) in [4.78, 5) is 31.0. The molecule has 184 valence electrons. The van der Waals surface area contributed by atoms with Gasteiger partial charge in [-0.25, -0.2) is 9.78 Å². The third-order valence-corrected chi connectivity index (χ3v) is 5.33. The number of amides is 2. The van der Waals surface area contributed by atoms with Crippen LogP contribution in [0, 0.1) is 5.92 Å². The number of carbonyl (C=O) groups is 2. The van der Waals surface area contributed by atoms with Crippen molar-refractivity contribution in [2.24, 2.45) is 5.92 Å². The van der Waals surface area contributed by atoms with E-state index in [0.29, 0.717) is 50.7 Å². The minimum Gasteiger partial charge on any atom is -0.494 e. The third-order valence-electron chi connectivity index (χ3n) is 5.33. The molecule has 2 heterocycles. The summed E-state index contributed by atoms with van der Waals surface area (Å²) in [5, 5.41) is 3.00. The molecule has 0 atom stereocenters. The summed E-state index contributed by atoms with van der Waals surface area (Å²) in [6, 6.07) is 11.1. The minimum atomic E-state index is -0.528. The molecule has 8 nitrogen and oxygen atoms in total. The van der Waals surface area contributed by atoms with E-state index in [1.807, 2.05) is 57.2 Å². The van der Waals surface area contributed by atoms with Gasteiger partial charge in [0.05, 0.1) is 6.61 Å². The molecule has 0 spiro atoms. The van der Waals surface area contributed by atoms with Gasteiger partial charge in [-0.05, 0) is 70.4 Å². The van der Waals surface area contributed by atoms with Gasteiger partial charge < -0.3 is 24.4 Å². The Balaban J connectivity index is 1.50. The molecule has 1 aromatic heterocycles. The molecule has 1 aliphatic rings. The molecule has 2 amide bonds. The number of hydrogen-bond acceptors (Lipinski definition) is 6. The van der Waals surface area contributed by atoms with Crippen LogP contribution in [-0.4, -0.2) is 47.2 Å². The molecule has 0 unspecified atom stereocenters. The fourth-order valence-electron chi connectivity index (χ4n) is 3.56. The topological polar surface area (TPSA) is 90.0 Å². The van der Waals surface area contributed by atoms with E-state index in [-0.39, 0.29) is 17.9 Å². The van der Waals surface area contributed by atoms with Crippen molar-refractivity contribution in [2.75, 3.05) is 19.7 Å². The van der Waals surface area contributed by atoms with Crippen LogP contribution >= 0.6 is 0 Å². The molecule has 8 heteroatoms. The molecule has 1 N–H and O–H groups in total. The van der Waals surface area contributed by atoms with Gasteiger partial charge in [0.2, 0.25) is 11.8 Å². The Bertz CT molecular complexity index is 948. The number of pyridine rings is 1. The lowest BCUT2D eigenvalue weighted by atomic mass is 9.96. The second-order valence-corrected chi connectivity index (χ2v) is 9.35. The average Bonchev–Trinajstić information content (AvgIpc) is 2.82. The lowest BCUT2D eigenvalue weighted by Gasteiger charge is -2.32. The van der Waals surface area contributed by atoms with E-state index in [0.717, 1.165) is 17.7 Å². The van der Waals surface area contributed by atoms with Crippen molar-refractivity contribution in [3.05, 3.63) is 48.2 Å². The highest BCUT2D eigenvalue weighted by Gasteiger charge is 2.29. The zero-order valence-electron chi connectivity index (χ0n) is 20.5. The van der Waals surface area contributed by atoms with Crippen molar-refractivity contribution in [1.82, 2.24) is 15.2 Å². The number of piperidine rings is 1. The van der Waals surface area contributed by atoms with Crippen molar-refractivity contribution >= 4 is 12.0 Å². The van der Waals surface area contributed by atoms with E-state index >= 15 is 0 Å². The smallest absolute Gasteiger partial charge is 0.410 e. The number of nitrogens with zero attached hydrogens (tertiary/aromatic N) is 2. The molecule has 0 aliphatic carbocycles. The maximum atomic E-state index is 12.7. The number of nitrogens with one attached hydrogen (secondary N) is 1. The Labute approximate surface area is 201 Å². The van der Waals surface area contributed by atoms with Crippen molar-refractivity contribution in [3.8, 4) is 17.4 Å². The Morgan fingerprint density at radius 2 is 1.76 bits per heavy atom. The average molecular weight is 470 g/mol. The summed E-state index contributed by atoms with van der Waals surface area (Å²) in [6.45, 7) is 9.59. The lowest BCUT2D eigenvalue weighted by Crippen LogP contribution is -2.44. The van der Waals surface area contributed by atoms with Crippen LogP contribution < -0.4 is 14.8 Å². The van der Waals surface area contributed by atoms with Crippen LogP contribution in [0.4, 0.5) is 4.79 Å². The number of carbonyl (C=O) groups excluding carboxylic acids is 2. The fourth-order valence-corrected chi connectivity index (χ4v) is 3.56. The second-order valence-electron chi connectivity index (χ2n) is 9.35. The minimum absolute atomic E-state index is 0.0314. The van der Waals surface area contributed by atoms with Crippen molar-refractivity contribution in [3.63, 3.8) is 0 Å². The molecular formula is C26H35N3O5. The molecule has 2 aromatic rings. The molecule has 34 heavy (non-hydrogen) atoms. The molecule has 3 rings (SSSR count). The zero-order chi connectivity index (χ0) is 24.6. The molecule has 0 saturated carbocycles. The zero-order valence-corrected chi connectivity index (χ0v) is 20.5. The van der Waals surface area contributed by atoms with E-state index in [2.05, 4.69) is 17.2 Å². The van der Waals surface area contributed by atoms with Gasteiger partial charge in [0, 0.05) is 37.3 Å². The van der Waals surface area contributed by atoms with E-state index in [1.54, 1.807) is 11.1 Å². The quantitative estimate of drug-likeness (QED) is 0.590. The summed E-state index contributed by atoms with van der Waals surface area (Å²) < 4.78 is 17.0. The highest BCUT2D eigenvalue weighted by Crippen LogP contribution is 2.26. The summed E-state index contributed by atoms with van der Waals surface area (Å²) >= 11 is 0. The van der Waals surface area contributed by atoms with Crippen LogP contribution in [0.1, 0.15) is 52.5 Å². The summed E-state index contributed by atoms with van der Waals surface area (Å²) in [5.74, 6) is 1.71. The number of benzene rings is 1. The van der Waals surface area contributed by atoms with E-state index in [9.17, 15) is 9.59 Å². The largest absolute Gasteiger partial charge is 0.494 e. The van der Waals surface area contributed by atoms with Crippen LogP contribution in [0.3, 0.4) is 0 Å². The van der Waals surface area contributed by atoms with Gasteiger partial charge in [0.15, 0.2) is 0 Å². The fraction of sp³-hybridized carbons (Fsp3) is 0.500. The van der Waals surface area contributed by atoms with Crippen molar-refractivity contribution in [2.45, 2.75) is 59.1 Å². The first-order chi connectivity index (χ1) is 16.2. The predicted molar refractivity (Wildman–Crippen MR) is 129 cm³/mol. The highest BCUT2D eigenvalue weighted by atomic mass is 16.6. The van der Waals surface area contributed by atoms with E-state index in [4.69, 9.17) is 14.2 Å². The van der Waals surface area contributed by atoms with Gasteiger partial charge in [0.25, 0.3) is 0 Å². The van der Waals surface area contributed by atoms with Crippen LogP contribution in [0.5, 0.6) is 17.4 Å². The summed E-state index contributed by atoms with van der Waals surface area (Å²) in [5.41, 5.74) is 0.257. The Morgan fingerprint density at radius 3 is 2.41 bits per heavy atom. The first-order valence-corrected chi connectivity index (χ1v) is 11.9. The van der Waals surface area contributed by atoms with Gasteiger partial charge in [-0.1, -0.05) is 13.0 Å². The Kier molecular flexibility index (Phi) is 8.73. The van der Waals surface area contributed by atoms with Crippen LogP contribution in [0.15, 0.2) is 42.6 Å². The third kappa shape index (κ3) is 7.64. The van der Waals surface area contributed by atoms with Gasteiger partial charge >= 0.3 is 6.09 Å². The number of likely N-dealkylation sites (tertiary alicyclic amines) is 1. The Morgan fingerprint density at radius 1 is 1.09 bits per heavy atom. The highest BCUT2D eigenvalue weighted by molar-refractivity contribution is 5.79. The van der Waals surface area contributed by atoms with Gasteiger partial charge in [-0.3, -0.25) is 4.79 Å². The SMILES string of the molecule is CCCOc1ccc(Oc2ncccc2CNC(=O)C2CCN(C(=O)OC(C)(C)C)CC2)cc1. The van der Waals surface area contributed by atoms with Gasteiger partial charge in [-0.2, -0.15) is 0 Å². The number of aromatic nitrogens is 1. The van der Waals surface area contributed by atoms with Crippen LogP contribution in [0.2, 0.25) is 0 Å². The van der Waals surface area contributed by atoms with E-state index in [1.165, 1.54) is 0 Å². The maximum absolute atomic E-state index is 12.7. The molecule has 1 saturated heterocycles. The van der Waals surface area contributed by atoms with Gasteiger partial charge in [-0.15, -0.1) is 0 Å². The van der Waals surface area contributed by atoms with Crippen molar-refractivity contribution < 1.29 is 23.8 Å². The summed E-state index contributed by atoms with van der Waals surface area (Å²) in [7, 11) is 0. The number of ether oxygens (including phenoxy) is 3. The molecular weight excluding hydrogens is 434 g/mol. The first kappa shape index (κ1) is 25.3. The van der Waals surface area contributed by atoms with Crippen LogP contribution in [-0.2, 0) is 16.1 Å². The number of hydrogen-bond donors (Lipinski definition) is 1. The van der Waals surface area contributed by atoms with Crippen molar-refractivity contribution in [1.29, 1.82) is 0 Å².